The number of hydrogen-bond acceptors (Lipinski definition) is 5. The summed E-state index contributed by atoms with van der Waals surface area (Å²) >= 11 is 0. The number of aryl methyl sites for hydroxylation is 1. The minimum atomic E-state index is -0.0980. The van der Waals surface area contributed by atoms with Gasteiger partial charge in [-0.3, -0.25) is 4.68 Å². The van der Waals surface area contributed by atoms with Gasteiger partial charge in [0.25, 0.3) is 0 Å². The lowest BCUT2D eigenvalue weighted by molar-refractivity contribution is 0.288. The highest BCUT2D eigenvalue weighted by Gasteiger charge is 2.21. The van der Waals surface area contributed by atoms with Crippen LogP contribution in [0.15, 0.2) is 6.20 Å². The Balaban J connectivity index is 2.35. The predicted octanol–water partition coefficient (Wildman–Crippen LogP) is 2.80. The lowest BCUT2D eigenvalue weighted by Crippen LogP contribution is -2.34. The normalized spacial score (nSPS) is 13.7. The van der Waals surface area contributed by atoms with Crippen molar-refractivity contribution in [1.82, 2.24) is 24.6 Å². The zero-order valence-electron chi connectivity index (χ0n) is 15.5. The second kappa shape index (κ2) is 6.83. The standard InChI is InChI=1S/C17H30N6/c1-8-9-12(22(5)6)10-18-14-13-11-19-23(7)15(13)21-16(20-14)17(2,3)4/h11-12H,8-10H2,1-7H3,(H,18,20,21)/t12-/m0/s1. The van der Waals surface area contributed by atoms with Crippen LogP contribution in [-0.2, 0) is 12.5 Å². The first-order valence-corrected chi connectivity index (χ1v) is 8.34. The van der Waals surface area contributed by atoms with E-state index in [-0.39, 0.29) is 5.41 Å². The van der Waals surface area contributed by atoms with E-state index in [0.29, 0.717) is 6.04 Å². The number of nitrogens with one attached hydrogen (secondary N) is 1. The first kappa shape index (κ1) is 17.7. The van der Waals surface area contributed by atoms with E-state index in [1.165, 1.54) is 6.42 Å². The number of aromatic nitrogens is 4. The molecule has 2 aromatic rings. The monoisotopic (exact) mass is 318 g/mol. The Kier molecular flexibility index (Phi) is 5.24. The molecule has 0 radical (unpaired) electrons. The molecule has 0 amide bonds. The largest absolute Gasteiger partial charge is 0.368 e. The summed E-state index contributed by atoms with van der Waals surface area (Å²) in [4.78, 5) is 11.8. The van der Waals surface area contributed by atoms with Crippen LogP contribution in [0.1, 0.15) is 46.4 Å². The molecule has 2 rings (SSSR count). The fourth-order valence-electron chi connectivity index (χ4n) is 2.58. The Morgan fingerprint density at radius 1 is 1.26 bits per heavy atom. The zero-order valence-corrected chi connectivity index (χ0v) is 15.5. The highest BCUT2D eigenvalue weighted by Crippen LogP contribution is 2.25. The van der Waals surface area contributed by atoms with E-state index < -0.39 is 0 Å². The van der Waals surface area contributed by atoms with Gasteiger partial charge < -0.3 is 10.2 Å². The van der Waals surface area contributed by atoms with Gasteiger partial charge in [0.05, 0.1) is 11.6 Å². The summed E-state index contributed by atoms with van der Waals surface area (Å²) in [6.07, 6.45) is 4.17. The molecule has 1 N–H and O–H groups in total. The molecule has 1 atom stereocenters. The van der Waals surface area contributed by atoms with Crippen LogP contribution in [0.4, 0.5) is 5.82 Å². The summed E-state index contributed by atoms with van der Waals surface area (Å²) in [6.45, 7) is 9.49. The molecule has 128 valence electrons. The second-order valence-corrected chi connectivity index (χ2v) is 7.44. The maximum absolute atomic E-state index is 4.78. The highest BCUT2D eigenvalue weighted by molar-refractivity contribution is 5.86. The fraction of sp³-hybridized carbons (Fsp3) is 0.706. The molecule has 0 bridgehead atoms. The summed E-state index contributed by atoms with van der Waals surface area (Å²) in [5.41, 5.74) is 0.781. The van der Waals surface area contributed by atoms with Crippen LogP contribution in [0, 0.1) is 0 Å². The molecular formula is C17H30N6. The highest BCUT2D eigenvalue weighted by atomic mass is 15.3. The number of likely N-dealkylation sites (N-methyl/N-ethyl adjacent to an activating group) is 1. The van der Waals surface area contributed by atoms with Crippen molar-refractivity contribution in [2.24, 2.45) is 7.05 Å². The third kappa shape index (κ3) is 3.99. The van der Waals surface area contributed by atoms with E-state index in [0.717, 1.165) is 35.6 Å². The first-order chi connectivity index (χ1) is 10.7. The van der Waals surface area contributed by atoms with Gasteiger partial charge in [0.15, 0.2) is 5.65 Å². The van der Waals surface area contributed by atoms with Crippen LogP contribution >= 0.6 is 0 Å². The van der Waals surface area contributed by atoms with Crippen molar-refractivity contribution in [3.63, 3.8) is 0 Å². The molecule has 6 nitrogen and oxygen atoms in total. The van der Waals surface area contributed by atoms with Crippen LogP contribution in [0.5, 0.6) is 0 Å². The van der Waals surface area contributed by atoms with E-state index in [2.05, 4.69) is 57.1 Å². The topological polar surface area (TPSA) is 58.9 Å². The third-order valence-corrected chi connectivity index (χ3v) is 4.12. The lowest BCUT2D eigenvalue weighted by Gasteiger charge is -2.25. The van der Waals surface area contributed by atoms with Gasteiger partial charge in [0, 0.05) is 25.0 Å². The van der Waals surface area contributed by atoms with Crippen molar-refractivity contribution in [3.8, 4) is 0 Å². The molecule has 0 saturated carbocycles. The second-order valence-electron chi connectivity index (χ2n) is 7.44. The van der Waals surface area contributed by atoms with E-state index in [4.69, 9.17) is 9.97 Å². The van der Waals surface area contributed by atoms with Crippen molar-refractivity contribution in [1.29, 1.82) is 0 Å². The minimum absolute atomic E-state index is 0.0980. The Morgan fingerprint density at radius 3 is 2.52 bits per heavy atom. The molecule has 23 heavy (non-hydrogen) atoms. The van der Waals surface area contributed by atoms with Crippen LogP contribution in [0.2, 0.25) is 0 Å². The van der Waals surface area contributed by atoms with Gasteiger partial charge in [-0.25, -0.2) is 9.97 Å². The van der Waals surface area contributed by atoms with E-state index >= 15 is 0 Å². The minimum Gasteiger partial charge on any atom is -0.368 e. The number of anilines is 1. The predicted molar refractivity (Wildman–Crippen MR) is 95.9 cm³/mol. The van der Waals surface area contributed by atoms with Crippen molar-refractivity contribution >= 4 is 16.9 Å². The maximum Gasteiger partial charge on any atom is 0.163 e. The Morgan fingerprint density at radius 2 is 1.96 bits per heavy atom. The summed E-state index contributed by atoms with van der Waals surface area (Å²) in [7, 11) is 6.18. The maximum atomic E-state index is 4.78. The Hall–Kier alpha value is -1.69. The Labute approximate surface area is 139 Å². The van der Waals surface area contributed by atoms with Gasteiger partial charge in [0.2, 0.25) is 0 Å². The quantitative estimate of drug-likeness (QED) is 0.887. The first-order valence-electron chi connectivity index (χ1n) is 8.34. The SMILES string of the molecule is CCC[C@@H](CNc1nc(C(C)(C)C)nc2c1cnn2C)N(C)C. The van der Waals surface area contributed by atoms with Gasteiger partial charge in [0.1, 0.15) is 11.6 Å². The molecule has 0 aliphatic rings. The number of hydrogen-bond donors (Lipinski definition) is 1. The van der Waals surface area contributed by atoms with Crippen molar-refractivity contribution in [3.05, 3.63) is 12.0 Å². The van der Waals surface area contributed by atoms with Gasteiger partial charge in [-0.05, 0) is 20.5 Å². The molecular weight excluding hydrogens is 288 g/mol. The summed E-state index contributed by atoms with van der Waals surface area (Å²) in [5.74, 6) is 1.73. The van der Waals surface area contributed by atoms with E-state index in [9.17, 15) is 0 Å². The fourth-order valence-corrected chi connectivity index (χ4v) is 2.58. The van der Waals surface area contributed by atoms with Crippen molar-refractivity contribution < 1.29 is 0 Å². The third-order valence-electron chi connectivity index (χ3n) is 4.12. The van der Waals surface area contributed by atoms with Gasteiger partial charge in [-0.1, -0.05) is 34.1 Å². The van der Waals surface area contributed by atoms with Gasteiger partial charge >= 0.3 is 0 Å². The number of nitrogens with zero attached hydrogens (tertiary/aromatic N) is 5. The van der Waals surface area contributed by atoms with E-state index in [1.807, 2.05) is 17.9 Å². The number of fused-ring (bicyclic) bond motifs is 1. The molecule has 0 spiro atoms. The smallest absolute Gasteiger partial charge is 0.163 e. The van der Waals surface area contributed by atoms with Gasteiger partial charge in [-0.15, -0.1) is 0 Å². The zero-order chi connectivity index (χ0) is 17.2. The molecule has 0 saturated heterocycles. The average molecular weight is 318 g/mol. The molecule has 0 aliphatic carbocycles. The van der Waals surface area contributed by atoms with Crippen LogP contribution in [-0.4, -0.2) is 51.3 Å². The molecule has 2 heterocycles. The lowest BCUT2D eigenvalue weighted by atomic mass is 9.95. The average Bonchev–Trinajstić information content (AvgIpc) is 2.83. The van der Waals surface area contributed by atoms with Crippen LogP contribution in [0.25, 0.3) is 11.0 Å². The van der Waals surface area contributed by atoms with E-state index in [1.54, 1.807) is 0 Å². The molecule has 2 aromatic heterocycles. The van der Waals surface area contributed by atoms with Crippen LogP contribution < -0.4 is 5.32 Å². The molecule has 6 heteroatoms. The molecule has 0 aliphatic heterocycles. The summed E-state index contributed by atoms with van der Waals surface area (Å²) < 4.78 is 1.81. The molecule has 0 aromatic carbocycles. The van der Waals surface area contributed by atoms with Crippen LogP contribution in [0.3, 0.4) is 0 Å². The molecule has 0 fully saturated rings. The summed E-state index contributed by atoms with van der Waals surface area (Å²) in [5, 5.41) is 8.86. The van der Waals surface area contributed by atoms with Crippen molar-refractivity contribution in [2.75, 3.05) is 26.0 Å². The molecule has 0 unspecified atom stereocenters. The number of rotatable bonds is 6. The Bertz CT molecular complexity index is 653. The van der Waals surface area contributed by atoms with Gasteiger partial charge in [-0.2, -0.15) is 5.10 Å². The summed E-state index contributed by atoms with van der Waals surface area (Å²) in [6, 6.07) is 0.486. The van der Waals surface area contributed by atoms with Crippen molar-refractivity contribution in [2.45, 2.75) is 52.0 Å².